The van der Waals surface area contributed by atoms with Crippen LogP contribution in [0.4, 0.5) is 5.82 Å². The maximum absolute atomic E-state index is 5.58. The molecule has 0 aromatic carbocycles. The van der Waals surface area contributed by atoms with E-state index in [1.165, 1.54) is 0 Å². The quantitative estimate of drug-likeness (QED) is 0.766. The molecule has 88 valence electrons. The number of rotatable bonds is 2. The molecule has 1 aliphatic rings. The van der Waals surface area contributed by atoms with E-state index in [4.69, 9.17) is 5.73 Å². The maximum atomic E-state index is 5.58. The molecule has 0 bridgehead atoms. The molecule has 1 aliphatic heterocycles. The Morgan fingerprint density at radius 3 is 2.94 bits per heavy atom. The molecule has 0 radical (unpaired) electrons. The summed E-state index contributed by atoms with van der Waals surface area (Å²) in [5.74, 6) is 0.948. The fourth-order valence-corrected chi connectivity index (χ4v) is 2.11. The van der Waals surface area contributed by atoms with Crippen molar-refractivity contribution in [3.63, 3.8) is 0 Å². The van der Waals surface area contributed by atoms with Crippen LogP contribution in [0, 0.1) is 0 Å². The second-order valence-corrected chi connectivity index (χ2v) is 4.38. The fourth-order valence-electron chi connectivity index (χ4n) is 2.11. The lowest BCUT2D eigenvalue weighted by Gasteiger charge is -2.38. The second kappa shape index (κ2) is 4.76. The van der Waals surface area contributed by atoms with Gasteiger partial charge in [-0.25, -0.2) is 4.98 Å². The van der Waals surface area contributed by atoms with E-state index < -0.39 is 0 Å². The Kier molecular flexibility index (Phi) is 3.36. The normalized spacial score (nSPS) is 22.4. The van der Waals surface area contributed by atoms with Crippen LogP contribution >= 0.6 is 0 Å². The molecule has 1 saturated heterocycles. The standard InChI is InChI=1S/C11H19N5/c1-9-8-15(2)3-4-16(9)11-7-13-6-10(5-12)14-11/h6-7,9H,3-5,8,12H2,1-2H3. The lowest BCUT2D eigenvalue weighted by molar-refractivity contribution is 0.274. The summed E-state index contributed by atoms with van der Waals surface area (Å²) in [5.41, 5.74) is 6.43. The number of piperazine rings is 1. The Bertz CT molecular complexity index is 354. The molecule has 1 atom stereocenters. The Morgan fingerprint density at radius 1 is 1.44 bits per heavy atom. The molecular formula is C11H19N5. The van der Waals surface area contributed by atoms with Crippen molar-refractivity contribution in [1.29, 1.82) is 0 Å². The second-order valence-electron chi connectivity index (χ2n) is 4.38. The summed E-state index contributed by atoms with van der Waals surface area (Å²) in [7, 11) is 2.15. The van der Waals surface area contributed by atoms with Crippen molar-refractivity contribution >= 4 is 5.82 Å². The van der Waals surface area contributed by atoms with Crippen molar-refractivity contribution < 1.29 is 0 Å². The summed E-state index contributed by atoms with van der Waals surface area (Å²) >= 11 is 0. The molecule has 1 fully saturated rings. The van der Waals surface area contributed by atoms with E-state index in [0.29, 0.717) is 12.6 Å². The zero-order valence-corrected chi connectivity index (χ0v) is 9.93. The largest absolute Gasteiger partial charge is 0.350 e. The van der Waals surface area contributed by atoms with Gasteiger partial charge in [0.05, 0.1) is 11.9 Å². The van der Waals surface area contributed by atoms with Gasteiger partial charge in [-0.05, 0) is 14.0 Å². The molecular weight excluding hydrogens is 202 g/mol. The minimum atomic E-state index is 0.447. The van der Waals surface area contributed by atoms with Gasteiger partial charge in [0.15, 0.2) is 0 Å². The van der Waals surface area contributed by atoms with E-state index in [1.54, 1.807) is 6.20 Å². The highest BCUT2D eigenvalue weighted by Crippen LogP contribution is 2.16. The van der Waals surface area contributed by atoms with E-state index in [2.05, 4.69) is 33.7 Å². The first kappa shape index (κ1) is 11.3. The summed E-state index contributed by atoms with van der Waals surface area (Å²) in [6.45, 7) is 5.79. The summed E-state index contributed by atoms with van der Waals surface area (Å²) in [6.07, 6.45) is 3.55. The molecule has 0 aliphatic carbocycles. The van der Waals surface area contributed by atoms with Crippen molar-refractivity contribution in [2.24, 2.45) is 5.73 Å². The number of likely N-dealkylation sites (N-methyl/N-ethyl adjacent to an activating group) is 1. The number of nitrogens with two attached hydrogens (primary N) is 1. The molecule has 16 heavy (non-hydrogen) atoms. The average molecular weight is 221 g/mol. The molecule has 1 aromatic rings. The van der Waals surface area contributed by atoms with Crippen LogP contribution in [0.3, 0.4) is 0 Å². The van der Waals surface area contributed by atoms with Crippen LogP contribution in [0.2, 0.25) is 0 Å². The average Bonchev–Trinajstić information content (AvgIpc) is 2.29. The molecule has 2 rings (SSSR count). The third kappa shape index (κ3) is 2.31. The van der Waals surface area contributed by atoms with Gasteiger partial charge < -0.3 is 15.5 Å². The van der Waals surface area contributed by atoms with Crippen LogP contribution in [-0.2, 0) is 6.54 Å². The van der Waals surface area contributed by atoms with Crippen molar-refractivity contribution in [3.8, 4) is 0 Å². The molecule has 5 nitrogen and oxygen atoms in total. The zero-order valence-electron chi connectivity index (χ0n) is 9.93. The van der Waals surface area contributed by atoms with Gasteiger partial charge in [-0.3, -0.25) is 4.98 Å². The van der Waals surface area contributed by atoms with Gasteiger partial charge in [0.25, 0.3) is 0 Å². The van der Waals surface area contributed by atoms with E-state index in [0.717, 1.165) is 31.1 Å². The van der Waals surface area contributed by atoms with Gasteiger partial charge in [-0.2, -0.15) is 0 Å². The van der Waals surface area contributed by atoms with Crippen molar-refractivity contribution in [2.45, 2.75) is 19.5 Å². The fraction of sp³-hybridized carbons (Fsp3) is 0.636. The van der Waals surface area contributed by atoms with E-state index in [9.17, 15) is 0 Å². The Morgan fingerprint density at radius 2 is 2.25 bits per heavy atom. The molecule has 0 saturated carbocycles. The lowest BCUT2D eigenvalue weighted by Crippen LogP contribution is -2.50. The highest BCUT2D eigenvalue weighted by molar-refractivity contribution is 5.38. The highest BCUT2D eigenvalue weighted by atomic mass is 15.3. The van der Waals surface area contributed by atoms with E-state index in [1.807, 2.05) is 6.20 Å². The molecule has 1 aromatic heterocycles. The maximum Gasteiger partial charge on any atom is 0.147 e. The van der Waals surface area contributed by atoms with Gasteiger partial charge in [-0.1, -0.05) is 0 Å². The highest BCUT2D eigenvalue weighted by Gasteiger charge is 2.22. The van der Waals surface area contributed by atoms with Gasteiger partial charge in [0, 0.05) is 38.4 Å². The molecule has 5 heteroatoms. The summed E-state index contributed by atoms with van der Waals surface area (Å²) in [4.78, 5) is 13.3. The number of hydrogen-bond donors (Lipinski definition) is 1. The number of nitrogens with zero attached hydrogens (tertiary/aromatic N) is 4. The monoisotopic (exact) mass is 221 g/mol. The van der Waals surface area contributed by atoms with Crippen LogP contribution in [-0.4, -0.2) is 47.6 Å². The zero-order chi connectivity index (χ0) is 11.5. The molecule has 1 unspecified atom stereocenters. The Hall–Kier alpha value is -1.20. The van der Waals surface area contributed by atoms with Gasteiger partial charge in [0.1, 0.15) is 5.82 Å². The number of anilines is 1. The Labute approximate surface area is 96.3 Å². The van der Waals surface area contributed by atoms with Crippen LogP contribution in [0.25, 0.3) is 0 Å². The Balaban J connectivity index is 2.16. The van der Waals surface area contributed by atoms with Crippen LogP contribution < -0.4 is 10.6 Å². The first-order chi connectivity index (χ1) is 7.70. The van der Waals surface area contributed by atoms with Gasteiger partial charge in [-0.15, -0.1) is 0 Å². The van der Waals surface area contributed by atoms with Crippen molar-refractivity contribution in [1.82, 2.24) is 14.9 Å². The van der Waals surface area contributed by atoms with Crippen LogP contribution in [0.15, 0.2) is 12.4 Å². The van der Waals surface area contributed by atoms with Gasteiger partial charge >= 0.3 is 0 Å². The van der Waals surface area contributed by atoms with E-state index >= 15 is 0 Å². The number of aromatic nitrogens is 2. The lowest BCUT2D eigenvalue weighted by atomic mass is 10.2. The number of hydrogen-bond acceptors (Lipinski definition) is 5. The first-order valence-corrected chi connectivity index (χ1v) is 5.67. The molecule has 0 amide bonds. The predicted molar refractivity (Wildman–Crippen MR) is 64.2 cm³/mol. The summed E-state index contributed by atoms with van der Waals surface area (Å²) in [6, 6.07) is 0.473. The van der Waals surface area contributed by atoms with Crippen LogP contribution in [0.1, 0.15) is 12.6 Å². The van der Waals surface area contributed by atoms with Crippen molar-refractivity contribution in [2.75, 3.05) is 31.6 Å². The summed E-state index contributed by atoms with van der Waals surface area (Å²) < 4.78 is 0. The van der Waals surface area contributed by atoms with E-state index in [-0.39, 0.29) is 0 Å². The molecule has 0 spiro atoms. The smallest absolute Gasteiger partial charge is 0.147 e. The first-order valence-electron chi connectivity index (χ1n) is 5.67. The van der Waals surface area contributed by atoms with Crippen LogP contribution in [0.5, 0.6) is 0 Å². The topological polar surface area (TPSA) is 58.3 Å². The minimum absolute atomic E-state index is 0.447. The predicted octanol–water partition coefficient (Wildman–Crippen LogP) is 0.0756. The third-order valence-electron chi connectivity index (χ3n) is 3.01. The van der Waals surface area contributed by atoms with Crippen molar-refractivity contribution in [3.05, 3.63) is 18.1 Å². The third-order valence-corrected chi connectivity index (χ3v) is 3.01. The minimum Gasteiger partial charge on any atom is -0.350 e. The molecule has 2 heterocycles. The van der Waals surface area contributed by atoms with Gasteiger partial charge in [0.2, 0.25) is 0 Å². The SMILES string of the molecule is CC1CN(C)CCN1c1cncc(CN)n1. The summed E-state index contributed by atoms with van der Waals surface area (Å²) in [5, 5.41) is 0. The molecule has 2 N–H and O–H groups in total.